The van der Waals surface area contributed by atoms with Crippen LogP contribution in [0.2, 0.25) is 0 Å². The van der Waals surface area contributed by atoms with Crippen LogP contribution >= 0.6 is 0 Å². The molecule has 1 aromatic rings. The standard InChI is InChI=1S/C13H19F/c1-10-9-12(14)6-5-11(10)7-8-13(2,3)4/h5-6,9H,7-8H2,1-4H3. The molecule has 0 N–H and O–H groups in total. The Hall–Kier alpha value is -0.850. The Morgan fingerprint density at radius 2 is 1.86 bits per heavy atom. The van der Waals surface area contributed by atoms with Crippen LogP contribution in [0.15, 0.2) is 18.2 Å². The van der Waals surface area contributed by atoms with Crippen molar-refractivity contribution < 1.29 is 4.39 Å². The summed E-state index contributed by atoms with van der Waals surface area (Å²) in [5.41, 5.74) is 2.68. The lowest BCUT2D eigenvalue weighted by Crippen LogP contribution is -2.07. The Morgan fingerprint density at radius 1 is 1.21 bits per heavy atom. The van der Waals surface area contributed by atoms with Crippen LogP contribution in [0, 0.1) is 18.2 Å². The first-order valence-corrected chi connectivity index (χ1v) is 5.13. The normalized spacial score (nSPS) is 11.8. The van der Waals surface area contributed by atoms with E-state index in [9.17, 15) is 4.39 Å². The summed E-state index contributed by atoms with van der Waals surface area (Å²) in [6.45, 7) is 8.66. The number of aryl methyl sites for hydroxylation is 2. The Kier molecular flexibility index (Phi) is 3.30. The SMILES string of the molecule is Cc1cc(F)ccc1CCC(C)(C)C. The molecule has 0 heterocycles. The lowest BCUT2D eigenvalue weighted by Gasteiger charge is -2.18. The van der Waals surface area contributed by atoms with Gasteiger partial charge in [0.2, 0.25) is 0 Å². The van der Waals surface area contributed by atoms with Crippen LogP contribution in [0.4, 0.5) is 4.39 Å². The predicted molar refractivity (Wildman–Crippen MR) is 58.9 cm³/mol. The summed E-state index contributed by atoms with van der Waals surface area (Å²) in [6, 6.07) is 5.05. The zero-order valence-electron chi connectivity index (χ0n) is 9.52. The summed E-state index contributed by atoms with van der Waals surface area (Å²) in [5, 5.41) is 0. The van der Waals surface area contributed by atoms with Crippen molar-refractivity contribution in [2.45, 2.75) is 40.5 Å². The maximum Gasteiger partial charge on any atom is 0.123 e. The molecule has 0 atom stereocenters. The molecular weight excluding hydrogens is 175 g/mol. The molecule has 0 nitrogen and oxygen atoms in total. The average molecular weight is 194 g/mol. The van der Waals surface area contributed by atoms with Crippen molar-refractivity contribution in [1.29, 1.82) is 0 Å². The van der Waals surface area contributed by atoms with Crippen LogP contribution in [0.5, 0.6) is 0 Å². The summed E-state index contributed by atoms with van der Waals surface area (Å²) >= 11 is 0. The minimum absolute atomic E-state index is 0.137. The summed E-state index contributed by atoms with van der Waals surface area (Å²) in [6.07, 6.45) is 2.18. The minimum Gasteiger partial charge on any atom is -0.207 e. The monoisotopic (exact) mass is 194 g/mol. The molecule has 0 aliphatic rings. The second-order valence-corrected chi connectivity index (χ2v) is 5.13. The van der Waals surface area contributed by atoms with E-state index in [1.807, 2.05) is 13.0 Å². The molecule has 1 heteroatoms. The van der Waals surface area contributed by atoms with E-state index in [1.165, 1.54) is 5.56 Å². The Labute approximate surface area is 86.2 Å². The molecule has 78 valence electrons. The van der Waals surface area contributed by atoms with E-state index in [2.05, 4.69) is 20.8 Å². The molecule has 0 radical (unpaired) electrons. The van der Waals surface area contributed by atoms with Gasteiger partial charge >= 0.3 is 0 Å². The molecule has 0 unspecified atom stereocenters. The van der Waals surface area contributed by atoms with E-state index in [1.54, 1.807) is 12.1 Å². The third-order valence-electron chi connectivity index (χ3n) is 2.45. The lowest BCUT2D eigenvalue weighted by atomic mass is 9.88. The van der Waals surface area contributed by atoms with E-state index in [0.717, 1.165) is 18.4 Å². The Balaban J connectivity index is 2.68. The molecule has 0 fully saturated rings. The molecule has 0 aliphatic carbocycles. The first-order chi connectivity index (χ1) is 6.38. The number of hydrogen-bond acceptors (Lipinski definition) is 0. The summed E-state index contributed by atoms with van der Waals surface area (Å²) in [4.78, 5) is 0. The summed E-state index contributed by atoms with van der Waals surface area (Å²) in [5.74, 6) is -0.137. The van der Waals surface area contributed by atoms with Gasteiger partial charge in [-0.3, -0.25) is 0 Å². The maximum absolute atomic E-state index is 12.8. The van der Waals surface area contributed by atoms with Gasteiger partial charge in [0.25, 0.3) is 0 Å². The smallest absolute Gasteiger partial charge is 0.123 e. The number of rotatable bonds is 2. The second kappa shape index (κ2) is 4.12. The van der Waals surface area contributed by atoms with Gasteiger partial charge in [-0.1, -0.05) is 26.8 Å². The fraction of sp³-hybridized carbons (Fsp3) is 0.538. The first-order valence-electron chi connectivity index (χ1n) is 5.13. The quantitative estimate of drug-likeness (QED) is 0.664. The first kappa shape index (κ1) is 11.2. The van der Waals surface area contributed by atoms with E-state index < -0.39 is 0 Å². The van der Waals surface area contributed by atoms with Gasteiger partial charge in [0, 0.05) is 0 Å². The van der Waals surface area contributed by atoms with Crippen LogP contribution < -0.4 is 0 Å². The molecule has 0 bridgehead atoms. The van der Waals surface area contributed by atoms with Crippen molar-refractivity contribution in [3.63, 3.8) is 0 Å². The van der Waals surface area contributed by atoms with Gasteiger partial charge in [-0.05, 0) is 48.4 Å². The largest absolute Gasteiger partial charge is 0.207 e. The van der Waals surface area contributed by atoms with Crippen molar-refractivity contribution in [1.82, 2.24) is 0 Å². The fourth-order valence-corrected chi connectivity index (χ4v) is 1.45. The topological polar surface area (TPSA) is 0 Å². The van der Waals surface area contributed by atoms with Gasteiger partial charge in [-0.2, -0.15) is 0 Å². The zero-order valence-corrected chi connectivity index (χ0v) is 9.52. The maximum atomic E-state index is 12.8. The Bertz CT molecular complexity index is 308. The molecule has 0 saturated heterocycles. The van der Waals surface area contributed by atoms with Gasteiger partial charge in [0.1, 0.15) is 5.82 Å². The van der Waals surface area contributed by atoms with Gasteiger partial charge in [-0.15, -0.1) is 0 Å². The molecule has 0 aromatic heterocycles. The summed E-state index contributed by atoms with van der Waals surface area (Å²) < 4.78 is 12.8. The highest BCUT2D eigenvalue weighted by Crippen LogP contribution is 2.22. The second-order valence-electron chi connectivity index (χ2n) is 5.13. The van der Waals surface area contributed by atoms with Gasteiger partial charge in [0.15, 0.2) is 0 Å². The van der Waals surface area contributed by atoms with Crippen molar-refractivity contribution in [3.8, 4) is 0 Å². The molecule has 0 spiro atoms. The molecular formula is C13H19F. The summed E-state index contributed by atoms with van der Waals surface area (Å²) in [7, 11) is 0. The molecule has 0 saturated carbocycles. The van der Waals surface area contributed by atoms with Gasteiger partial charge in [0.05, 0.1) is 0 Å². The van der Waals surface area contributed by atoms with E-state index in [4.69, 9.17) is 0 Å². The highest BCUT2D eigenvalue weighted by molar-refractivity contribution is 5.26. The van der Waals surface area contributed by atoms with Crippen LogP contribution in [0.25, 0.3) is 0 Å². The fourth-order valence-electron chi connectivity index (χ4n) is 1.45. The van der Waals surface area contributed by atoms with Crippen molar-refractivity contribution in [2.75, 3.05) is 0 Å². The highest BCUT2D eigenvalue weighted by Gasteiger charge is 2.10. The minimum atomic E-state index is -0.137. The van der Waals surface area contributed by atoms with Crippen LogP contribution in [0.3, 0.4) is 0 Å². The number of benzene rings is 1. The molecule has 1 rings (SSSR count). The predicted octanol–water partition coefficient (Wildman–Crippen LogP) is 4.11. The molecule has 14 heavy (non-hydrogen) atoms. The van der Waals surface area contributed by atoms with Gasteiger partial charge in [-0.25, -0.2) is 4.39 Å². The molecule has 1 aromatic carbocycles. The number of halogens is 1. The van der Waals surface area contributed by atoms with E-state index in [-0.39, 0.29) is 5.82 Å². The molecule has 0 aliphatic heterocycles. The van der Waals surface area contributed by atoms with Crippen LogP contribution in [-0.4, -0.2) is 0 Å². The molecule has 0 amide bonds. The van der Waals surface area contributed by atoms with E-state index >= 15 is 0 Å². The van der Waals surface area contributed by atoms with Crippen LogP contribution in [-0.2, 0) is 6.42 Å². The zero-order chi connectivity index (χ0) is 10.8. The third kappa shape index (κ3) is 3.49. The number of hydrogen-bond donors (Lipinski definition) is 0. The van der Waals surface area contributed by atoms with Gasteiger partial charge < -0.3 is 0 Å². The highest BCUT2D eigenvalue weighted by atomic mass is 19.1. The van der Waals surface area contributed by atoms with Crippen LogP contribution in [0.1, 0.15) is 38.3 Å². The van der Waals surface area contributed by atoms with E-state index in [0.29, 0.717) is 5.41 Å². The average Bonchev–Trinajstić information content (AvgIpc) is 2.00. The van der Waals surface area contributed by atoms with Crippen molar-refractivity contribution in [3.05, 3.63) is 35.1 Å². The Morgan fingerprint density at radius 3 is 2.36 bits per heavy atom. The van der Waals surface area contributed by atoms with Crippen molar-refractivity contribution >= 4 is 0 Å². The van der Waals surface area contributed by atoms with Crippen molar-refractivity contribution in [2.24, 2.45) is 5.41 Å². The lowest BCUT2D eigenvalue weighted by molar-refractivity contribution is 0.378. The third-order valence-corrected chi connectivity index (χ3v) is 2.45.